The first-order valence-electron chi connectivity index (χ1n) is 14.8. The molecule has 0 saturated carbocycles. The van der Waals surface area contributed by atoms with Gasteiger partial charge in [0.25, 0.3) is 0 Å². The molecule has 0 aromatic rings. The Kier molecular flexibility index (Phi) is 41.2. The summed E-state index contributed by atoms with van der Waals surface area (Å²) in [7, 11) is 0.788. The summed E-state index contributed by atoms with van der Waals surface area (Å²) in [5, 5.41) is 0.194. The van der Waals surface area contributed by atoms with Crippen LogP contribution in [0.3, 0.4) is 0 Å². The number of halogens is 4. The zero-order chi connectivity index (χ0) is 23.4. The third kappa shape index (κ3) is 25.4. The standard InChI is InChI=1S/2C13H26P2.CH2Cl2.2Au.2ClH/c2*1(2-8-14-10-4-5-11-14)3-9-15-12-6-7-13-15;2-1-3;;;;/h2*1-13H2;1H2;;;2*1H/q;;;2*+1;;/p+2. The van der Waals surface area contributed by atoms with Crippen LogP contribution in [-0.4, -0.2) is 79.3 Å². The summed E-state index contributed by atoms with van der Waals surface area (Å²) < 4.78 is 0. The maximum Gasteiger partial charge on any atom is 1.00 e. The van der Waals surface area contributed by atoms with Crippen molar-refractivity contribution in [1.29, 1.82) is 0 Å². The fraction of sp³-hybridized carbons (Fsp3) is 1.00. The number of alkyl halides is 2. The Morgan fingerprint density at radius 1 is 0.351 bits per heavy atom. The summed E-state index contributed by atoms with van der Waals surface area (Å²) in [6.07, 6.45) is 41.9. The zero-order valence-corrected chi connectivity index (χ0v) is 34.6. The number of hydrogen-bond donors (Lipinski definition) is 0. The van der Waals surface area contributed by atoms with Crippen molar-refractivity contribution in [2.45, 2.75) is 89.9 Å². The van der Waals surface area contributed by atoms with Crippen molar-refractivity contribution < 1.29 is 69.6 Å². The molecular weight excluding hydrogens is 984 g/mol. The number of hydrogen-bond acceptors (Lipinski definition) is 0. The smallest absolute Gasteiger partial charge is 1.00 e. The molecule has 0 aromatic heterocycles. The first-order valence-corrected chi connectivity index (χ1v) is 24.3. The van der Waals surface area contributed by atoms with E-state index in [9.17, 15) is 0 Å². The molecule has 4 saturated heterocycles. The van der Waals surface area contributed by atoms with Crippen LogP contribution in [0.2, 0.25) is 0 Å². The summed E-state index contributed by atoms with van der Waals surface area (Å²) >= 11 is 9.53. The van der Waals surface area contributed by atoms with Crippen molar-refractivity contribution in [3.8, 4) is 0 Å². The van der Waals surface area contributed by atoms with Crippen LogP contribution >= 0.6 is 54.9 Å². The van der Waals surface area contributed by atoms with Crippen LogP contribution in [0.25, 0.3) is 0 Å². The quantitative estimate of drug-likeness (QED) is 0.121. The molecular formula is C27H58Au2Cl4P4+4. The van der Waals surface area contributed by atoms with Crippen LogP contribution in [0, 0.1) is 0 Å². The van der Waals surface area contributed by atoms with E-state index in [-0.39, 0.29) is 107 Å². The Labute approximate surface area is 290 Å². The molecule has 4 heterocycles. The first kappa shape index (κ1) is 45.8. The molecule has 0 bridgehead atoms. The maximum atomic E-state index is 4.76. The van der Waals surface area contributed by atoms with Crippen LogP contribution in [0.1, 0.15) is 89.9 Å². The SMILES string of the molecule is C(CC[PH+]1CCCC1)CC[PH+]1CCCC1.C(CC[PH+]1CCCC1)CC[PH+]1CCCC1.ClCCl.[Au+].[Au+].[Cl-].[Cl-]. The molecule has 0 atom stereocenters. The average molecular weight is 1040 g/mol. The van der Waals surface area contributed by atoms with Gasteiger partial charge < -0.3 is 24.8 Å². The van der Waals surface area contributed by atoms with E-state index in [0.29, 0.717) is 0 Å². The Balaban J connectivity index is -0.000000515. The minimum atomic E-state index is 0. The Morgan fingerprint density at radius 3 is 0.676 bits per heavy atom. The van der Waals surface area contributed by atoms with Crippen molar-refractivity contribution in [3.63, 3.8) is 0 Å². The van der Waals surface area contributed by atoms with E-state index in [4.69, 9.17) is 23.2 Å². The topological polar surface area (TPSA) is 0 Å². The molecule has 4 aliphatic heterocycles. The van der Waals surface area contributed by atoms with Crippen LogP contribution in [-0.2, 0) is 44.8 Å². The molecule has 0 N–H and O–H groups in total. The molecule has 0 aliphatic carbocycles. The van der Waals surface area contributed by atoms with E-state index >= 15 is 0 Å². The van der Waals surface area contributed by atoms with Crippen molar-refractivity contribution in [3.05, 3.63) is 0 Å². The van der Waals surface area contributed by atoms with Gasteiger partial charge in [-0.25, -0.2) is 0 Å². The molecule has 0 unspecified atom stereocenters. The number of rotatable bonds is 12. The van der Waals surface area contributed by atoms with Crippen molar-refractivity contribution in [2.24, 2.45) is 0 Å². The van der Waals surface area contributed by atoms with Gasteiger partial charge in [-0.1, -0.05) is 0 Å². The second kappa shape index (κ2) is 33.3. The predicted molar refractivity (Wildman–Crippen MR) is 173 cm³/mol. The summed E-state index contributed by atoms with van der Waals surface area (Å²) in [6.45, 7) is 0. The second-order valence-electron chi connectivity index (χ2n) is 11.1. The van der Waals surface area contributed by atoms with Gasteiger partial charge in [0.15, 0.2) is 0 Å². The summed E-state index contributed by atoms with van der Waals surface area (Å²) in [4.78, 5) is 0. The fourth-order valence-corrected chi connectivity index (χ4v) is 18.4. The molecule has 232 valence electrons. The first-order chi connectivity index (χ1) is 16.3. The van der Waals surface area contributed by atoms with Gasteiger partial charge in [0.1, 0.15) is 0 Å². The van der Waals surface area contributed by atoms with Crippen LogP contribution < -0.4 is 24.8 Å². The van der Waals surface area contributed by atoms with Gasteiger partial charge in [0.2, 0.25) is 0 Å². The van der Waals surface area contributed by atoms with E-state index in [1.165, 1.54) is 0 Å². The molecule has 0 radical (unpaired) electrons. The average Bonchev–Trinajstić information content (AvgIpc) is 3.64. The third-order valence-corrected chi connectivity index (χ3v) is 21.1. The molecule has 0 aromatic carbocycles. The van der Waals surface area contributed by atoms with E-state index in [1.807, 2.05) is 0 Å². The van der Waals surface area contributed by atoms with Gasteiger partial charge in [0, 0.05) is 31.7 Å². The monoisotopic (exact) mass is 1040 g/mol. The van der Waals surface area contributed by atoms with Crippen molar-refractivity contribution in [2.75, 3.05) is 79.3 Å². The largest absolute Gasteiger partial charge is 1.00 e. The molecule has 4 rings (SSSR count). The molecule has 37 heavy (non-hydrogen) atoms. The van der Waals surface area contributed by atoms with Gasteiger partial charge in [-0.05, 0) is 89.9 Å². The molecule has 10 heteroatoms. The van der Waals surface area contributed by atoms with Gasteiger partial charge >= 0.3 is 44.8 Å². The predicted octanol–water partition coefficient (Wildman–Crippen LogP) is 3.77. The number of unbranched alkanes of at least 4 members (excludes halogenated alkanes) is 4. The fourth-order valence-electron chi connectivity index (χ4n) is 6.35. The normalized spacial score (nSPS) is 19.9. The van der Waals surface area contributed by atoms with E-state index in [2.05, 4.69) is 0 Å². The Morgan fingerprint density at radius 2 is 0.514 bits per heavy atom. The van der Waals surface area contributed by atoms with E-state index in [0.717, 1.165) is 0 Å². The minimum absolute atomic E-state index is 0. The van der Waals surface area contributed by atoms with Gasteiger partial charge in [-0.15, -0.1) is 23.2 Å². The molecule has 0 amide bonds. The Bertz CT molecular complexity index is 361. The molecule has 4 aliphatic rings. The molecule has 0 nitrogen and oxygen atoms in total. The summed E-state index contributed by atoms with van der Waals surface area (Å²) in [5.74, 6) is 0. The second-order valence-corrected chi connectivity index (χ2v) is 23.9. The van der Waals surface area contributed by atoms with E-state index in [1.54, 1.807) is 164 Å². The summed E-state index contributed by atoms with van der Waals surface area (Å²) in [6, 6.07) is 0. The van der Waals surface area contributed by atoms with Crippen molar-refractivity contribution >= 4 is 54.9 Å². The van der Waals surface area contributed by atoms with Crippen LogP contribution in [0.5, 0.6) is 0 Å². The van der Waals surface area contributed by atoms with E-state index < -0.39 is 0 Å². The van der Waals surface area contributed by atoms with Gasteiger partial charge in [0.05, 0.1) is 79.3 Å². The zero-order valence-electron chi connectivity index (χ0n) is 23.2. The third-order valence-electron chi connectivity index (χ3n) is 8.36. The van der Waals surface area contributed by atoms with Crippen LogP contribution in [0.15, 0.2) is 0 Å². The van der Waals surface area contributed by atoms with Gasteiger partial charge in [-0.2, -0.15) is 0 Å². The summed E-state index contributed by atoms with van der Waals surface area (Å²) in [5.41, 5.74) is 0. The van der Waals surface area contributed by atoms with Crippen molar-refractivity contribution in [1.82, 2.24) is 0 Å². The van der Waals surface area contributed by atoms with Gasteiger partial charge in [-0.3, -0.25) is 0 Å². The minimum Gasteiger partial charge on any atom is -1.00 e. The Hall–Kier alpha value is 4.36. The maximum absolute atomic E-state index is 4.76. The molecule has 0 spiro atoms. The molecule has 4 fully saturated rings. The van der Waals surface area contributed by atoms with Crippen LogP contribution in [0.4, 0.5) is 0 Å².